The number of aromatic hydroxyl groups is 1. The van der Waals surface area contributed by atoms with E-state index in [0.29, 0.717) is 61.7 Å². The van der Waals surface area contributed by atoms with E-state index >= 15 is 0 Å². The lowest BCUT2D eigenvalue weighted by molar-refractivity contribution is 0.0622. The molecule has 8 heteroatoms. The number of carbonyl (C=O) groups is 1. The number of hydrogen-bond donors (Lipinski definition) is 2. The van der Waals surface area contributed by atoms with Crippen LogP contribution in [0.3, 0.4) is 0 Å². The molecular weight excluding hydrogens is 456 g/mol. The van der Waals surface area contributed by atoms with Gasteiger partial charge in [0, 0.05) is 55.7 Å². The molecule has 3 aromatic rings. The second-order valence-corrected chi connectivity index (χ2v) is 9.18. The summed E-state index contributed by atoms with van der Waals surface area (Å²) in [6, 6.07) is 11.5. The summed E-state index contributed by atoms with van der Waals surface area (Å²) in [6.07, 6.45) is 4.11. The van der Waals surface area contributed by atoms with E-state index in [0.717, 1.165) is 24.1 Å². The Morgan fingerprint density at radius 1 is 1.11 bits per heavy atom. The monoisotopic (exact) mass is 490 g/mol. The normalized spacial score (nSPS) is 14.1. The zero-order valence-corrected chi connectivity index (χ0v) is 21.2. The summed E-state index contributed by atoms with van der Waals surface area (Å²) < 4.78 is 5.59. The Morgan fingerprint density at radius 3 is 2.56 bits per heavy atom. The summed E-state index contributed by atoms with van der Waals surface area (Å²) in [5.74, 6) is -0.155. The molecule has 0 atom stereocenters. The third-order valence-electron chi connectivity index (χ3n) is 6.74. The Bertz CT molecular complexity index is 1260. The molecule has 2 aromatic heterocycles. The SMILES string of the molecule is CCCCc1[nH]c(=O)c(C(=O)N2CCN(Cc3ccccn3)CC2)c(O)c1-c1c(C)cccc1OC. The molecule has 1 amide bonds. The van der Waals surface area contributed by atoms with Crippen molar-refractivity contribution in [1.29, 1.82) is 0 Å². The highest BCUT2D eigenvalue weighted by Crippen LogP contribution is 2.41. The van der Waals surface area contributed by atoms with E-state index < -0.39 is 11.5 Å². The number of amides is 1. The minimum absolute atomic E-state index is 0.214. The van der Waals surface area contributed by atoms with E-state index in [1.165, 1.54) is 0 Å². The molecule has 0 saturated carbocycles. The van der Waals surface area contributed by atoms with Gasteiger partial charge >= 0.3 is 0 Å². The number of carbonyl (C=O) groups excluding carboxylic acids is 1. The van der Waals surface area contributed by atoms with Crippen LogP contribution in [-0.2, 0) is 13.0 Å². The molecule has 1 aromatic carbocycles. The van der Waals surface area contributed by atoms with E-state index in [4.69, 9.17) is 4.74 Å². The first kappa shape index (κ1) is 25.4. The number of methoxy groups -OCH3 is 1. The average molecular weight is 491 g/mol. The smallest absolute Gasteiger partial charge is 0.264 e. The van der Waals surface area contributed by atoms with Crippen LogP contribution < -0.4 is 10.3 Å². The highest BCUT2D eigenvalue weighted by molar-refractivity contribution is 5.99. The van der Waals surface area contributed by atoms with Gasteiger partial charge in [-0.3, -0.25) is 19.5 Å². The molecule has 0 aliphatic carbocycles. The maximum Gasteiger partial charge on any atom is 0.264 e. The molecule has 1 aliphatic heterocycles. The number of hydrogen-bond acceptors (Lipinski definition) is 6. The Balaban J connectivity index is 1.65. The van der Waals surface area contributed by atoms with Gasteiger partial charge in [0.1, 0.15) is 17.1 Å². The molecule has 0 radical (unpaired) electrons. The number of rotatable bonds is 8. The van der Waals surface area contributed by atoms with Crippen LogP contribution >= 0.6 is 0 Å². The van der Waals surface area contributed by atoms with Crippen LogP contribution in [0.5, 0.6) is 11.5 Å². The first-order chi connectivity index (χ1) is 17.4. The number of ether oxygens (including phenoxy) is 1. The molecule has 2 N–H and O–H groups in total. The minimum atomic E-state index is -0.559. The molecule has 1 aliphatic rings. The Morgan fingerprint density at radius 2 is 1.89 bits per heavy atom. The average Bonchev–Trinajstić information content (AvgIpc) is 2.88. The number of unbranched alkanes of at least 4 members (excludes halogenated alkanes) is 1. The van der Waals surface area contributed by atoms with Gasteiger partial charge in [0.15, 0.2) is 0 Å². The Labute approximate surface area is 211 Å². The van der Waals surface area contributed by atoms with Crippen LogP contribution in [0.4, 0.5) is 0 Å². The second kappa shape index (κ2) is 11.4. The number of nitrogens with zero attached hydrogens (tertiary/aromatic N) is 3. The number of aromatic amines is 1. The number of pyridine rings is 2. The van der Waals surface area contributed by atoms with Crippen molar-refractivity contribution in [2.45, 2.75) is 39.7 Å². The number of benzene rings is 1. The molecule has 8 nitrogen and oxygen atoms in total. The summed E-state index contributed by atoms with van der Waals surface area (Å²) >= 11 is 0. The van der Waals surface area contributed by atoms with Gasteiger partial charge in [0.2, 0.25) is 0 Å². The summed E-state index contributed by atoms with van der Waals surface area (Å²) in [6.45, 7) is 6.95. The summed E-state index contributed by atoms with van der Waals surface area (Å²) in [5, 5.41) is 11.5. The lowest BCUT2D eigenvalue weighted by Gasteiger charge is -2.34. The van der Waals surface area contributed by atoms with Crippen molar-refractivity contribution in [2.24, 2.45) is 0 Å². The van der Waals surface area contributed by atoms with E-state index in [9.17, 15) is 14.7 Å². The Kier molecular flexibility index (Phi) is 8.05. The standard InChI is InChI=1S/C28H34N4O4/c1-4-5-11-21-24(23-19(2)9-8-12-22(23)36-3)26(33)25(27(34)30-21)28(35)32-16-14-31(15-17-32)18-20-10-6-7-13-29-20/h6-10,12-13H,4-5,11,14-18H2,1-3H3,(H2,30,33,34). The van der Waals surface area contributed by atoms with Crippen molar-refractivity contribution < 1.29 is 14.6 Å². The van der Waals surface area contributed by atoms with Gasteiger partial charge in [0.05, 0.1) is 12.8 Å². The molecule has 190 valence electrons. The van der Waals surface area contributed by atoms with Gasteiger partial charge < -0.3 is 19.7 Å². The molecule has 3 heterocycles. The van der Waals surface area contributed by atoms with Gasteiger partial charge in [-0.2, -0.15) is 0 Å². The van der Waals surface area contributed by atoms with Crippen LogP contribution in [0.2, 0.25) is 0 Å². The third-order valence-corrected chi connectivity index (χ3v) is 6.74. The molecule has 1 saturated heterocycles. The number of aryl methyl sites for hydroxylation is 2. The number of H-pyrrole nitrogens is 1. The largest absolute Gasteiger partial charge is 0.506 e. The van der Waals surface area contributed by atoms with E-state index in [-0.39, 0.29) is 11.3 Å². The van der Waals surface area contributed by atoms with Crippen LogP contribution in [0.25, 0.3) is 11.1 Å². The molecule has 4 rings (SSSR count). The van der Waals surface area contributed by atoms with Crippen molar-refractivity contribution in [1.82, 2.24) is 19.8 Å². The summed E-state index contributed by atoms with van der Waals surface area (Å²) in [7, 11) is 1.57. The van der Waals surface area contributed by atoms with Gasteiger partial charge in [-0.1, -0.05) is 31.5 Å². The van der Waals surface area contributed by atoms with Gasteiger partial charge in [0.25, 0.3) is 11.5 Å². The van der Waals surface area contributed by atoms with Gasteiger partial charge in [-0.15, -0.1) is 0 Å². The fraction of sp³-hybridized carbons (Fsp3) is 0.393. The minimum Gasteiger partial charge on any atom is -0.506 e. The summed E-state index contributed by atoms with van der Waals surface area (Å²) in [5.41, 5.74) is 2.86. The first-order valence-electron chi connectivity index (χ1n) is 12.5. The predicted molar refractivity (Wildman–Crippen MR) is 139 cm³/mol. The summed E-state index contributed by atoms with van der Waals surface area (Å²) in [4.78, 5) is 37.8. The highest BCUT2D eigenvalue weighted by atomic mass is 16.5. The maximum atomic E-state index is 13.5. The van der Waals surface area contributed by atoms with Crippen molar-refractivity contribution in [3.05, 3.63) is 75.5 Å². The van der Waals surface area contributed by atoms with Crippen LogP contribution in [0, 0.1) is 6.92 Å². The quantitative estimate of drug-likeness (QED) is 0.499. The van der Waals surface area contributed by atoms with E-state index in [2.05, 4.69) is 21.8 Å². The van der Waals surface area contributed by atoms with Gasteiger partial charge in [-0.25, -0.2) is 0 Å². The molecule has 0 bridgehead atoms. The van der Waals surface area contributed by atoms with Crippen molar-refractivity contribution >= 4 is 5.91 Å². The zero-order chi connectivity index (χ0) is 25.7. The predicted octanol–water partition coefficient (Wildman–Crippen LogP) is 3.76. The third kappa shape index (κ3) is 5.28. The van der Waals surface area contributed by atoms with Crippen molar-refractivity contribution in [2.75, 3.05) is 33.3 Å². The number of aromatic nitrogens is 2. The lowest BCUT2D eigenvalue weighted by atomic mass is 9.93. The zero-order valence-electron chi connectivity index (χ0n) is 21.2. The fourth-order valence-electron chi connectivity index (χ4n) is 4.77. The van der Waals surface area contributed by atoms with Gasteiger partial charge in [-0.05, 0) is 43.5 Å². The van der Waals surface area contributed by atoms with Crippen molar-refractivity contribution in [3.8, 4) is 22.6 Å². The topological polar surface area (TPSA) is 98.8 Å². The van der Waals surface area contributed by atoms with Crippen molar-refractivity contribution in [3.63, 3.8) is 0 Å². The molecule has 1 fully saturated rings. The molecule has 0 unspecified atom stereocenters. The lowest BCUT2D eigenvalue weighted by Crippen LogP contribution is -2.49. The number of nitrogens with one attached hydrogen (secondary N) is 1. The van der Waals surface area contributed by atoms with Crippen LogP contribution in [0.1, 0.15) is 47.1 Å². The molecular formula is C28H34N4O4. The first-order valence-corrected chi connectivity index (χ1v) is 12.5. The number of piperazine rings is 1. The highest BCUT2D eigenvalue weighted by Gasteiger charge is 2.30. The molecule has 0 spiro atoms. The maximum absolute atomic E-state index is 13.5. The molecule has 36 heavy (non-hydrogen) atoms. The second-order valence-electron chi connectivity index (χ2n) is 9.18. The van der Waals surface area contributed by atoms with E-state index in [1.807, 2.05) is 43.3 Å². The Hall–Kier alpha value is -3.65. The van der Waals surface area contributed by atoms with E-state index in [1.54, 1.807) is 18.2 Å². The van der Waals surface area contributed by atoms with Crippen LogP contribution in [-0.4, -0.2) is 64.1 Å². The fourth-order valence-corrected chi connectivity index (χ4v) is 4.77. The van der Waals surface area contributed by atoms with Crippen LogP contribution in [0.15, 0.2) is 47.4 Å².